The van der Waals surface area contributed by atoms with Crippen LogP contribution >= 0.6 is 0 Å². The molecule has 9 heavy (non-hydrogen) atoms. The number of hydrogen-bond donors (Lipinski definition) is 0. The molecular formula is C7H13N2+. The molecule has 1 heterocycles. The second-order valence-corrected chi connectivity index (χ2v) is 2.63. The number of quaternary nitrogens is 1. The van der Waals surface area contributed by atoms with E-state index in [1.54, 1.807) is 0 Å². The maximum atomic E-state index is 4.02. The standard InChI is InChI=1S/C7H13N2/c1-3-5-9(2)6-4-8-7-9/h4,6-7H,3,5H2,1-2H3/q+1. The molecule has 1 atom stereocenters. The Bertz CT molecular complexity index is 135. The van der Waals surface area contributed by atoms with Crippen LogP contribution in [0.1, 0.15) is 13.3 Å². The maximum absolute atomic E-state index is 4.02. The molecule has 0 aromatic carbocycles. The molecule has 1 aliphatic heterocycles. The van der Waals surface area contributed by atoms with Crippen LogP contribution in [0.4, 0.5) is 0 Å². The topological polar surface area (TPSA) is 12.4 Å². The monoisotopic (exact) mass is 125 g/mol. The van der Waals surface area contributed by atoms with E-state index in [4.69, 9.17) is 0 Å². The number of nitrogens with zero attached hydrogens (tertiary/aromatic N) is 2. The predicted molar refractivity (Wildman–Crippen MR) is 39.0 cm³/mol. The van der Waals surface area contributed by atoms with Crippen LogP contribution in [0, 0.1) is 0 Å². The first-order chi connectivity index (χ1) is 4.27. The van der Waals surface area contributed by atoms with Gasteiger partial charge in [0.2, 0.25) is 0 Å². The van der Waals surface area contributed by atoms with Crippen molar-refractivity contribution >= 4 is 6.34 Å². The first kappa shape index (κ1) is 6.49. The van der Waals surface area contributed by atoms with Crippen molar-refractivity contribution < 1.29 is 4.48 Å². The first-order valence-electron chi connectivity index (χ1n) is 3.34. The van der Waals surface area contributed by atoms with Gasteiger partial charge in [-0.1, -0.05) is 6.92 Å². The Morgan fingerprint density at radius 2 is 2.33 bits per heavy atom. The highest BCUT2D eigenvalue weighted by molar-refractivity contribution is 5.50. The molecule has 2 nitrogen and oxygen atoms in total. The highest BCUT2D eigenvalue weighted by atomic mass is 15.3. The molecule has 0 fully saturated rings. The third-order valence-electron chi connectivity index (χ3n) is 1.53. The Labute approximate surface area is 56.1 Å². The maximum Gasteiger partial charge on any atom is 0.194 e. The van der Waals surface area contributed by atoms with E-state index < -0.39 is 0 Å². The Hall–Kier alpha value is -0.630. The largest absolute Gasteiger partial charge is 0.256 e. The Morgan fingerprint density at radius 1 is 1.56 bits per heavy atom. The van der Waals surface area contributed by atoms with E-state index >= 15 is 0 Å². The van der Waals surface area contributed by atoms with Crippen LogP contribution in [0.15, 0.2) is 17.4 Å². The number of aliphatic imine (C=N–C) groups is 1. The van der Waals surface area contributed by atoms with E-state index in [0.29, 0.717) is 0 Å². The molecule has 50 valence electrons. The van der Waals surface area contributed by atoms with Gasteiger partial charge in [0, 0.05) is 0 Å². The van der Waals surface area contributed by atoms with Crippen LogP contribution in [0.5, 0.6) is 0 Å². The summed E-state index contributed by atoms with van der Waals surface area (Å²) < 4.78 is 0.872. The molecule has 0 aromatic rings. The van der Waals surface area contributed by atoms with E-state index in [1.165, 1.54) is 6.42 Å². The minimum atomic E-state index is 0.872. The lowest BCUT2D eigenvalue weighted by molar-refractivity contribution is -0.756. The summed E-state index contributed by atoms with van der Waals surface area (Å²) in [5.74, 6) is 0. The quantitative estimate of drug-likeness (QED) is 0.494. The zero-order valence-corrected chi connectivity index (χ0v) is 6.04. The molecule has 2 heteroatoms. The molecule has 0 saturated carbocycles. The lowest BCUT2D eigenvalue weighted by atomic mass is 10.4. The molecule has 0 N–H and O–H groups in total. The van der Waals surface area contributed by atoms with Gasteiger partial charge >= 0.3 is 0 Å². The fourth-order valence-electron chi connectivity index (χ4n) is 1.03. The average molecular weight is 125 g/mol. The predicted octanol–water partition coefficient (Wildman–Crippen LogP) is 1.36. The van der Waals surface area contributed by atoms with Gasteiger partial charge in [0.05, 0.1) is 19.8 Å². The van der Waals surface area contributed by atoms with Gasteiger partial charge in [-0.05, 0) is 6.42 Å². The van der Waals surface area contributed by atoms with Crippen LogP contribution in [0.3, 0.4) is 0 Å². The van der Waals surface area contributed by atoms with E-state index in [9.17, 15) is 0 Å². The zero-order valence-electron chi connectivity index (χ0n) is 6.04. The fraction of sp³-hybridized carbons (Fsp3) is 0.571. The zero-order chi connectivity index (χ0) is 6.74. The van der Waals surface area contributed by atoms with E-state index in [-0.39, 0.29) is 0 Å². The summed E-state index contributed by atoms with van der Waals surface area (Å²) in [5.41, 5.74) is 0. The number of hydrogen-bond acceptors (Lipinski definition) is 1. The Kier molecular flexibility index (Phi) is 1.67. The molecule has 0 spiro atoms. The third-order valence-corrected chi connectivity index (χ3v) is 1.53. The fourth-order valence-corrected chi connectivity index (χ4v) is 1.03. The lowest BCUT2D eigenvalue weighted by Gasteiger charge is -2.19. The van der Waals surface area contributed by atoms with Crippen molar-refractivity contribution in [3.8, 4) is 0 Å². The molecular weight excluding hydrogens is 112 g/mol. The average Bonchev–Trinajstić information content (AvgIpc) is 2.16. The van der Waals surface area contributed by atoms with Crippen molar-refractivity contribution in [2.45, 2.75) is 13.3 Å². The summed E-state index contributed by atoms with van der Waals surface area (Å²) in [6.07, 6.45) is 7.12. The van der Waals surface area contributed by atoms with E-state index in [1.807, 2.05) is 12.5 Å². The molecule has 1 aliphatic rings. The van der Waals surface area contributed by atoms with Crippen LogP contribution < -0.4 is 0 Å². The van der Waals surface area contributed by atoms with Crippen molar-refractivity contribution in [3.05, 3.63) is 12.4 Å². The Balaban J connectivity index is 2.53. The van der Waals surface area contributed by atoms with Gasteiger partial charge in [-0.25, -0.2) is 4.99 Å². The van der Waals surface area contributed by atoms with Crippen LogP contribution in [-0.2, 0) is 0 Å². The molecule has 0 amide bonds. The number of rotatable bonds is 2. The van der Waals surface area contributed by atoms with Crippen LogP contribution in [-0.4, -0.2) is 24.4 Å². The lowest BCUT2D eigenvalue weighted by Crippen LogP contribution is -2.35. The summed E-state index contributed by atoms with van der Waals surface area (Å²) in [7, 11) is 2.15. The van der Waals surface area contributed by atoms with Gasteiger partial charge < -0.3 is 0 Å². The minimum Gasteiger partial charge on any atom is -0.256 e. The molecule has 0 aromatic heterocycles. The van der Waals surface area contributed by atoms with Crippen LogP contribution in [0.2, 0.25) is 0 Å². The van der Waals surface area contributed by atoms with Crippen molar-refractivity contribution in [2.75, 3.05) is 13.6 Å². The summed E-state index contributed by atoms with van der Waals surface area (Å²) in [4.78, 5) is 4.02. The summed E-state index contributed by atoms with van der Waals surface area (Å²) in [6, 6.07) is 0. The highest BCUT2D eigenvalue weighted by Gasteiger charge is 2.16. The van der Waals surface area contributed by atoms with Gasteiger partial charge in [0.1, 0.15) is 6.20 Å². The third kappa shape index (κ3) is 1.39. The molecule has 0 bridgehead atoms. The molecule has 1 rings (SSSR count). The normalized spacial score (nSPS) is 31.8. The second kappa shape index (κ2) is 2.31. The first-order valence-corrected chi connectivity index (χ1v) is 3.34. The van der Waals surface area contributed by atoms with Crippen LogP contribution in [0.25, 0.3) is 0 Å². The molecule has 0 saturated heterocycles. The second-order valence-electron chi connectivity index (χ2n) is 2.63. The molecule has 0 radical (unpaired) electrons. The summed E-state index contributed by atoms with van der Waals surface area (Å²) in [5, 5.41) is 0. The van der Waals surface area contributed by atoms with Crippen molar-refractivity contribution in [3.63, 3.8) is 0 Å². The van der Waals surface area contributed by atoms with Crippen molar-refractivity contribution in [2.24, 2.45) is 4.99 Å². The van der Waals surface area contributed by atoms with Crippen molar-refractivity contribution in [1.82, 2.24) is 0 Å². The van der Waals surface area contributed by atoms with Gasteiger partial charge in [0.25, 0.3) is 0 Å². The summed E-state index contributed by atoms with van der Waals surface area (Å²) >= 11 is 0. The van der Waals surface area contributed by atoms with Gasteiger partial charge in [-0.2, -0.15) is 0 Å². The van der Waals surface area contributed by atoms with Crippen molar-refractivity contribution in [1.29, 1.82) is 0 Å². The van der Waals surface area contributed by atoms with E-state index in [0.717, 1.165) is 11.0 Å². The molecule has 0 aliphatic carbocycles. The Morgan fingerprint density at radius 3 is 2.78 bits per heavy atom. The molecule has 1 unspecified atom stereocenters. The summed E-state index contributed by atoms with van der Waals surface area (Å²) in [6.45, 7) is 3.34. The van der Waals surface area contributed by atoms with Gasteiger partial charge in [-0.15, -0.1) is 0 Å². The SMILES string of the molecule is CCC[N+]1(C)C=CN=C1. The van der Waals surface area contributed by atoms with Gasteiger partial charge in [-0.3, -0.25) is 4.48 Å². The highest BCUT2D eigenvalue weighted by Crippen LogP contribution is 2.06. The van der Waals surface area contributed by atoms with E-state index in [2.05, 4.69) is 25.2 Å². The minimum absolute atomic E-state index is 0.872. The smallest absolute Gasteiger partial charge is 0.194 e. The van der Waals surface area contributed by atoms with Gasteiger partial charge in [0.15, 0.2) is 6.34 Å².